The van der Waals surface area contributed by atoms with Crippen LogP contribution < -0.4 is 15.0 Å². The molecule has 2 heterocycles. The van der Waals surface area contributed by atoms with E-state index in [1.54, 1.807) is 12.1 Å². The predicted octanol–water partition coefficient (Wildman–Crippen LogP) is 5.76. The maximum absolute atomic E-state index is 13.1. The second-order valence-corrected chi connectivity index (χ2v) is 8.29. The van der Waals surface area contributed by atoms with Crippen molar-refractivity contribution in [2.75, 3.05) is 16.8 Å². The second kappa shape index (κ2) is 9.75. The van der Waals surface area contributed by atoms with Crippen LogP contribution in [-0.2, 0) is 24.2 Å². The van der Waals surface area contributed by atoms with Gasteiger partial charge in [0.1, 0.15) is 11.6 Å². The van der Waals surface area contributed by atoms with Crippen LogP contribution in [0.5, 0.6) is 11.6 Å². The van der Waals surface area contributed by atoms with E-state index >= 15 is 0 Å². The fourth-order valence-electron chi connectivity index (χ4n) is 4.10. The quantitative estimate of drug-likeness (QED) is 0.387. The molecule has 170 valence electrons. The van der Waals surface area contributed by atoms with Crippen molar-refractivity contribution in [2.24, 2.45) is 0 Å². The highest BCUT2D eigenvalue weighted by Crippen LogP contribution is 2.32. The van der Waals surface area contributed by atoms with E-state index in [4.69, 9.17) is 4.74 Å². The van der Waals surface area contributed by atoms with Gasteiger partial charge in [-0.15, -0.1) is 0 Å². The zero-order valence-electron chi connectivity index (χ0n) is 18.6. The largest absolute Gasteiger partial charge is 0.439 e. The van der Waals surface area contributed by atoms with Gasteiger partial charge in [-0.05, 0) is 65.6 Å². The summed E-state index contributed by atoms with van der Waals surface area (Å²) in [6.07, 6.45) is 2.97. The smallest absolute Gasteiger partial charge is 0.228 e. The number of anilines is 2. The van der Waals surface area contributed by atoms with Gasteiger partial charge in [-0.2, -0.15) is 0 Å². The maximum Gasteiger partial charge on any atom is 0.228 e. The normalized spacial score (nSPS) is 12.3. The van der Waals surface area contributed by atoms with Crippen LogP contribution >= 0.6 is 0 Å². The zero-order valence-corrected chi connectivity index (χ0v) is 18.6. The maximum atomic E-state index is 13.1. The Morgan fingerprint density at radius 3 is 2.53 bits per heavy atom. The molecule has 1 aliphatic heterocycles. The molecule has 0 saturated heterocycles. The molecular weight excluding hydrogens is 429 g/mol. The number of fused-ring (bicyclic) bond motifs is 1. The van der Waals surface area contributed by atoms with Gasteiger partial charge in [0.15, 0.2) is 0 Å². The third-order valence-corrected chi connectivity index (χ3v) is 5.77. The van der Waals surface area contributed by atoms with Gasteiger partial charge in [-0.25, -0.2) is 9.37 Å². The van der Waals surface area contributed by atoms with Crippen LogP contribution in [0, 0.1) is 5.82 Å². The van der Waals surface area contributed by atoms with Crippen LogP contribution in [0.4, 0.5) is 15.8 Å². The molecule has 0 aliphatic carbocycles. The van der Waals surface area contributed by atoms with Crippen molar-refractivity contribution in [3.8, 4) is 11.6 Å². The van der Waals surface area contributed by atoms with Crippen LogP contribution in [0.2, 0.25) is 0 Å². The predicted molar refractivity (Wildman–Crippen MR) is 131 cm³/mol. The minimum Gasteiger partial charge on any atom is -0.439 e. The zero-order chi connectivity index (χ0) is 23.3. The van der Waals surface area contributed by atoms with Gasteiger partial charge in [-0.1, -0.05) is 36.4 Å². The number of carbonyl (C=O) groups excluding carboxylic acids is 1. The number of aromatic nitrogens is 1. The number of hydrogen-bond acceptors (Lipinski definition) is 4. The third kappa shape index (κ3) is 5.23. The van der Waals surface area contributed by atoms with E-state index in [0.717, 1.165) is 42.1 Å². The molecule has 0 bridgehead atoms. The van der Waals surface area contributed by atoms with Crippen LogP contribution in [0.25, 0.3) is 0 Å². The number of ether oxygens (including phenoxy) is 1. The fourth-order valence-corrected chi connectivity index (χ4v) is 4.10. The molecule has 34 heavy (non-hydrogen) atoms. The Balaban J connectivity index is 1.19. The first-order chi connectivity index (χ1) is 16.6. The number of nitrogens with one attached hydrogen (secondary N) is 1. The summed E-state index contributed by atoms with van der Waals surface area (Å²) in [4.78, 5) is 19.1. The Bertz CT molecular complexity index is 1280. The summed E-state index contributed by atoms with van der Waals surface area (Å²) in [6, 6.07) is 25.5. The van der Waals surface area contributed by atoms with Gasteiger partial charge in [0.2, 0.25) is 11.8 Å². The molecule has 0 unspecified atom stereocenters. The molecule has 5 rings (SSSR count). The molecule has 0 radical (unpaired) electrons. The van der Waals surface area contributed by atoms with Gasteiger partial charge >= 0.3 is 0 Å². The summed E-state index contributed by atoms with van der Waals surface area (Å²) in [7, 11) is 0. The molecule has 6 heteroatoms. The fraction of sp³-hybridized carbons (Fsp3) is 0.143. The van der Waals surface area contributed by atoms with Crippen LogP contribution in [0.1, 0.15) is 16.7 Å². The molecular formula is C28H24FN3O2. The number of benzene rings is 3. The van der Waals surface area contributed by atoms with Crippen LogP contribution in [-0.4, -0.2) is 17.4 Å². The van der Waals surface area contributed by atoms with Gasteiger partial charge in [0, 0.05) is 36.7 Å². The van der Waals surface area contributed by atoms with Crippen LogP contribution in [0.15, 0.2) is 91.1 Å². The number of rotatable bonds is 7. The van der Waals surface area contributed by atoms with Crippen molar-refractivity contribution in [3.63, 3.8) is 0 Å². The topological polar surface area (TPSA) is 54.5 Å². The lowest BCUT2D eigenvalue weighted by molar-refractivity contribution is -0.115. The Labute approximate surface area is 197 Å². The average molecular weight is 454 g/mol. The number of halogens is 1. The van der Waals surface area contributed by atoms with E-state index in [1.165, 1.54) is 23.4 Å². The standard InChI is InChI=1S/C28H24FN3O2/c29-23-9-6-20(7-10-23)16-27(33)31-24-11-12-26-22(17-24)14-15-32(26)19-21-8-13-28(30-18-21)34-25-4-2-1-3-5-25/h1-13,17-18H,14-16,19H2,(H,31,33). The number of para-hydroxylation sites is 1. The number of pyridine rings is 1. The lowest BCUT2D eigenvalue weighted by Crippen LogP contribution is -2.19. The number of carbonyl (C=O) groups is 1. The molecule has 0 saturated carbocycles. The van der Waals surface area contributed by atoms with E-state index < -0.39 is 0 Å². The Morgan fingerprint density at radius 1 is 0.971 bits per heavy atom. The minimum atomic E-state index is -0.306. The molecule has 4 aromatic rings. The first kappa shape index (κ1) is 21.6. The van der Waals surface area contributed by atoms with Crippen LogP contribution in [0.3, 0.4) is 0 Å². The Kier molecular flexibility index (Phi) is 6.21. The molecule has 0 atom stereocenters. The van der Waals surface area contributed by atoms with E-state index in [0.29, 0.717) is 5.88 Å². The van der Waals surface area contributed by atoms with Crippen molar-refractivity contribution in [1.82, 2.24) is 4.98 Å². The number of amides is 1. The van der Waals surface area contributed by atoms with E-state index in [1.807, 2.05) is 60.8 Å². The molecule has 1 aliphatic rings. The SMILES string of the molecule is O=C(Cc1ccc(F)cc1)Nc1ccc2c(c1)CCN2Cc1ccc(Oc2ccccc2)nc1. The molecule has 1 N–H and O–H groups in total. The number of nitrogens with zero attached hydrogens (tertiary/aromatic N) is 2. The highest BCUT2D eigenvalue weighted by molar-refractivity contribution is 5.92. The summed E-state index contributed by atoms with van der Waals surface area (Å²) >= 11 is 0. The van der Waals surface area contributed by atoms with Gasteiger partial charge in [0.25, 0.3) is 0 Å². The molecule has 1 aromatic heterocycles. The van der Waals surface area contributed by atoms with Gasteiger partial charge in [-0.3, -0.25) is 4.79 Å². The lowest BCUT2D eigenvalue weighted by Gasteiger charge is -2.20. The lowest BCUT2D eigenvalue weighted by atomic mass is 10.1. The van der Waals surface area contributed by atoms with E-state index in [2.05, 4.69) is 21.3 Å². The molecule has 1 amide bonds. The summed E-state index contributed by atoms with van der Waals surface area (Å²) in [5, 5.41) is 2.95. The molecule has 5 nitrogen and oxygen atoms in total. The van der Waals surface area contributed by atoms with Crippen molar-refractivity contribution in [1.29, 1.82) is 0 Å². The first-order valence-corrected chi connectivity index (χ1v) is 11.2. The van der Waals surface area contributed by atoms with E-state index in [9.17, 15) is 9.18 Å². The first-order valence-electron chi connectivity index (χ1n) is 11.2. The monoisotopic (exact) mass is 453 g/mol. The summed E-state index contributed by atoms with van der Waals surface area (Å²) < 4.78 is 18.8. The van der Waals surface area contributed by atoms with Gasteiger partial charge in [0.05, 0.1) is 6.42 Å². The molecule has 0 fully saturated rings. The van der Waals surface area contributed by atoms with Gasteiger partial charge < -0.3 is 15.0 Å². The Morgan fingerprint density at radius 2 is 1.76 bits per heavy atom. The molecule has 0 spiro atoms. The number of hydrogen-bond donors (Lipinski definition) is 1. The second-order valence-electron chi connectivity index (χ2n) is 8.29. The van der Waals surface area contributed by atoms with E-state index in [-0.39, 0.29) is 18.1 Å². The highest BCUT2D eigenvalue weighted by atomic mass is 19.1. The summed E-state index contributed by atoms with van der Waals surface area (Å²) in [5.41, 5.74) is 5.03. The summed E-state index contributed by atoms with van der Waals surface area (Å²) in [5.74, 6) is 0.902. The van der Waals surface area contributed by atoms with Crippen molar-refractivity contribution >= 4 is 17.3 Å². The van der Waals surface area contributed by atoms with Crippen molar-refractivity contribution < 1.29 is 13.9 Å². The third-order valence-electron chi connectivity index (χ3n) is 5.77. The molecule has 3 aromatic carbocycles. The minimum absolute atomic E-state index is 0.120. The van der Waals surface area contributed by atoms with Crippen molar-refractivity contribution in [2.45, 2.75) is 19.4 Å². The average Bonchev–Trinajstić information content (AvgIpc) is 3.24. The highest BCUT2D eigenvalue weighted by Gasteiger charge is 2.20. The van der Waals surface area contributed by atoms with Crippen molar-refractivity contribution in [3.05, 3.63) is 114 Å². The Hall–Kier alpha value is -4.19. The summed E-state index contributed by atoms with van der Waals surface area (Å²) in [6.45, 7) is 1.66.